The monoisotopic (exact) mass is 303 g/mol. The lowest BCUT2D eigenvalue weighted by Gasteiger charge is -2.11. The first-order valence-electron chi connectivity index (χ1n) is 7.30. The van der Waals surface area contributed by atoms with E-state index in [1.165, 1.54) is 18.2 Å². The molecule has 0 bridgehead atoms. The Bertz CT molecular complexity index is 677. The van der Waals surface area contributed by atoms with E-state index in [-0.39, 0.29) is 23.0 Å². The summed E-state index contributed by atoms with van der Waals surface area (Å²) in [4.78, 5) is 12.2. The van der Waals surface area contributed by atoms with Crippen LogP contribution in [0.15, 0.2) is 24.4 Å². The number of hydrogen-bond donors (Lipinski definition) is 3. The summed E-state index contributed by atoms with van der Waals surface area (Å²) in [5.74, 6) is -0.466. The number of carbonyl (C=O) groups is 1. The highest BCUT2D eigenvalue weighted by atomic mass is 16.3. The molecule has 0 aliphatic heterocycles. The average Bonchev–Trinajstić information content (AvgIpc) is 2.82. The van der Waals surface area contributed by atoms with Crippen molar-refractivity contribution >= 4 is 11.6 Å². The molecular formula is C16H21N3O3. The van der Waals surface area contributed by atoms with Crippen LogP contribution < -0.4 is 5.32 Å². The summed E-state index contributed by atoms with van der Waals surface area (Å²) in [6.45, 7) is 7.02. The first-order valence-corrected chi connectivity index (χ1v) is 7.30. The molecule has 22 heavy (non-hydrogen) atoms. The van der Waals surface area contributed by atoms with Crippen LogP contribution in [0.4, 0.5) is 5.69 Å². The van der Waals surface area contributed by atoms with Crippen molar-refractivity contribution in [2.75, 3.05) is 5.32 Å². The molecule has 3 N–H and O–H groups in total. The van der Waals surface area contributed by atoms with E-state index in [0.29, 0.717) is 11.6 Å². The number of phenols is 2. The van der Waals surface area contributed by atoms with Gasteiger partial charge in [-0.1, -0.05) is 20.8 Å². The summed E-state index contributed by atoms with van der Waals surface area (Å²) >= 11 is 0. The van der Waals surface area contributed by atoms with Gasteiger partial charge in [-0.2, -0.15) is 5.10 Å². The summed E-state index contributed by atoms with van der Waals surface area (Å²) < 4.78 is 1.90. The van der Waals surface area contributed by atoms with E-state index >= 15 is 0 Å². The molecule has 2 aromatic rings. The molecule has 0 unspecified atom stereocenters. The van der Waals surface area contributed by atoms with Gasteiger partial charge in [0.1, 0.15) is 0 Å². The molecule has 6 nitrogen and oxygen atoms in total. The maximum absolute atomic E-state index is 12.2. The van der Waals surface area contributed by atoms with Crippen molar-refractivity contribution in [3.63, 3.8) is 0 Å². The molecule has 0 aliphatic carbocycles. The molecule has 0 saturated heterocycles. The van der Waals surface area contributed by atoms with Crippen LogP contribution in [-0.2, 0) is 13.0 Å². The number of carbonyl (C=O) groups excluding carboxylic acids is 1. The van der Waals surface area contributed by atoms with Crippen LogP contribution in [0.5, 0.6) is 11.5 Å². The van der Waals surface area contributed by atoms with E-state index in [9.17, 15) is 15.0 Å². The van der Waals surface area contributed by atoms with Gasteiger partial charge >= 0.3 is 0 Å². The Hall–Kier alpha value is -2.50. The standard InChI is InChI=1S/C16H21N3O3/c1-4-13-12(8-17-19(13)9-10(2)3)18-16(22)11-5-6-14(20)15(21)7-11/h5-8,10,20-21H,4,9H2,1-3H3,(H,18,22). The number of nitrogens with one attached hydrogen (secondary N) is 1. The lowest BCUT2D eigenvalue weighted by atomic mass is 10.1. The summed E-state index contributed by atoms with van der Waals surface area (Å²) in [5.41, 5.74) is 1.90. The molecule has 0 atom stereocenters. The van der Waals surface area contributed by atoms with Gasteiger partial charge < -0.3 is 15.5 Å². The van der Waals surface area contributed by atoms with E-state index in [2.05, 4.69) is 24.3 Å². The van der Waals surface area contributed by atoms with Crippen molar-refractivity contribution in [2.45, 2.75) is 33.7 Å². The average molecular weight is 303 g/mol. The molecule has 0 saturated carbocycles. The van der Waals surface area contributed by atoms with Crippen molar-refractivity contribution in [3.05, 3.63) is 35.7 Å². The molecule has 0 fully saturated rings. The number of benzene rings is 1. The zero-order chi connectivity index (χ0) is 16.3. The minimum atomic E-state index is -0.353. The van der Waals surface area contributed by atoms with Crippen molar-refractivity contribution in [1.82, 2.24) is 9.78 Å². The van der Waals surface area contributed by atoms with Gasteiger partial charge in [0.2, 0.25) is 0 Å². The minimum absolute atomic E-state index is 0.254. The van der Waals surface area contributed by atoms with Gasteiger partial charge in [0.15, 0.2) is 11.5 Å². The lowest BCUT2D eigenvalue weighted by molar-refractivity contribution is 0.102. The van der Waals surface area contributed by atoms with Crippen LogP contribution in [0, 0.1) is 5.92 Å². The van der Waals surface area contributed by atoms with Crippen molar-refractivity contribution in [1.29, 1.82) is 0 Å². The molecule has 1 aromatic heterocycles. The number of amides is 1. The Morgan fingerprint density at radius 1 is 1.32 bits per heavy atom. The second kappa shape index (κ2) is 6.51. The predicted octanol–water partition coefficient (Wildman–Crippen LogP) is 2.77. The van der Waals surface area contributed by atoms with Gasteiger partial charge in [-0.3, -0.25) is 9.48 Å². The number of hydrogen-bond acceptors (Lipinski definition) is 4. The largest absolute Gasteiger partial charge is 0.504 e. The Kier molecular flexibility index (Phi) is 4.70. The molecule has 1 heterocycles. The summed E-state index contributed by atoms with van der Waals surface area (Å²) in [6.07, 6.45) is 2.39. The first-order chi connectivity index (χ1) is 10.4. The number of rotatable bonds is 5. The molecule has 6 heteroatoms. The molecule has 1 aromatic carbocycles. The number of nitrogens with zero attached hydrogens (tertiary/aromatic N) is 2. The summed E-state index contributed by atoms with van der Waals surface area (Å²) in [5, 5.41) is 25.9. The number of phenolic OH excluding ortho intramolecular Hbond substituents is 2. The van der Waals surface area contributed by atoms with Gasteiger partial charge in [-0.05, 0) is 30.5 Å². The second-order valence-electron chi connectivity index (χ2n) is 5.59. The number of aromatic hydroxyl groups is 2. The Morgan fingerprint density at radius 2 is 2.05 bits per heavy atom. The SMILES string of the molecule is CCc1c(NC(=O)c2ccc(O)c(O)c2)cnn1CC(C)C. The maximum atomic E-state index is 12.2. The van der Waals surface area contributed by atoms with Crippen LogP contribution in [0.2, 0.25) is 0 Å². The fraction of sp³-hybridized carbons (Fsp3) is 0.375. The normalized spacial score (nSPS) is 10.9. The summed E-state index contributed by atoms with van der Waals surface area (Å²) in [7, 11) is 0. The van der Waals surface area contributed by atoms with E-state index in [1.54, 1.807) is 6.20 Å². The van der Waals surface area contributed by atoms with Crippen LogP contribution in [0.1, 0.15) is 36.8 Å². The highest BCUT2D eigenvalue weighted by Gasteiger charge is 2.15. The topological polar surface area (TPSA) is 87.4 Å². The van der Waals surface area contributed by atoms with Gasteiger partial charge in [-0.25, -0.2) is 0 Å². The molecule has 1 amide bonds. The molecule has 118 valence electrons. The maximum Gasteiger partial charge on any atom is 0.255 e. The Morgan fingerprint density at radius 3 is 2.64 bits per heavy atom. The smallest absolute Gasteiger partial charge is 0.255 e. The third kappa shape index (κ3) is 3.39. The van der Waals surface area contributed by atoms with Gasteiger partial charge in [0, 0.05) is 12.1 Å². The Balaban J connectivity index is 2.21. The molecule has 0 aliphatic rings. The quantitative estimate of drug-likeness (QED) is 0.741. The van der Waals surface area contributed by atoms with Crippen molar-refractivity contribution in [3.8, 4) is 11.5 Å². The third-order valence-corrected chi connectivity index (χ3v) is 3.31. The van der Waals surface area contributed by atoms with E-state index in [4.69, 9.17) is 0 Å². The van der Waals surface area contributed by atoms with Crippen LogP contribution >= 0.6 is 0 Å². The van der Waals surface area contributed by atoms with Gasteiger partial charge in [-0.15, -0.1) is 0 Å². The van der Waals surface area contributed by atoms with E-state index in [0.717, 1.165) is 18.7 Å². The molecule has 0 spiro atoms. The Labute approximate surface area is 129 Å². The summed E-state index contributed by atoms with van der Waals surface area (Å²) in [6, 6.07) is 3.97. The van der Waals surface area contributed by atoms with Crippen LogP contribution in [-0.4, -0.2) is 25.9 Å². The first kappa shape index (κ1) is 15.9. The molecule has 0 radical (unpaired) electrons. The third-order valence-electron chi connectivity index (χ3n) is 3.31. The highest BCUT2D eigenvalue weighted by Crippen LogP contribution is 2.25. The zero-order valence-corrected chi connectivity index (χ0v) is 13.0. The zero-order valence-electron chi connectivity index (χ0n) is 13.0. The van der Waals surface area contributed by atoms with Crippen LogP contribution in [0.25, 0.3) is 0 Å². The van der Waals surface area contributed by atoms with Crippen LogP contribution in [0.3, 0.4) is 0 Å². The van der Waals surface area contributed by atoms with E-state index < -0.39 is 0 Å². The highest BCUT2D eigenvalue weighted by molar-refractivity contribution is 6.04. The van der Waals surface area contributed by atoms with Crippen molar-refractivity contribution in [2.24, 2.45) is 5.92 Å². The van der Waals surface area contributed by atoms with Crippen molar-refractivity contribution < 1.29 is 15.0 Å². The van der Waals surface area contributed by atoms with Gasteiger partial charge in [0.25, 0.3) is 5.91 Å². The fourth-order valence-electron chi connectivity index (χ4n) is 2.25. The fourth-order valence-corrected chi connectivity index (χ4v) is 2.25. The predicted molar refractivity (Wildman–Crippen MR) is 84.2 cm³/mol. The number of aromatic nitrogens is 2. The lowest BCUT2D eigenvalue weighted by Crippen LogP contribution is -2.14. The molecule has 2 rings (SSSR count). The number of anilines is 1. The molecular weight excluding hydrogens is 282 g/mol. The van der Waals surface area contributed by atoms with Gasteiger partial charge in [0.05, 0.1) is 17.6 Å². The second-order valence-corrected chi connectivity index (χ2v) is 5.59. The minimum Gasteiger partial charge on any atom is -0.504 e. The van der Waals surface area contributed by atoms with E-state index in [1.807, 2.05) is 11.6 Å².